The number of hydrogen-bond acceptors (Lipinski definition) is 5. The summed E-state index contributed by atoms with van der Waals surface area (Å²) >= 11 is 0. The van der Waals surface area contributed by atoms with Crippen molar-refractivity contribution in [3.05, 3.63) is 58.0 Å². The molecule has 2 fully saturated rings. The van der Waals surface area contributed by atoms with Gasteiger partial charge in [0.1, 0.15) is 5.75 Å². The minimum atomic E-state index is -0.0944. The number of pyridine rings is 1. The largest absolute Gasteiger partial charge is 0.497 e. The Balaban J connectivity index is 1.32. The number of hydrogen-bond donors (Lipinski definition) is 1. The molecule has 1 aromatic heterocycles. The molecule has 0 radical (unpaired) electrons. The van der Waals surface area contributed by atoms with Crippen LogP contribution in [0.5, 0.6) is 5.75 Å². The second-order valence-corrected chi connectivity index (χ2v) is 10.1. The summed E-state index contributed by atoms with van der Waals surface area (Å²) in [4.78, 5) is 41.9. The molecule has 0 spiro atoms. The second-order valence-electron chi connectivity index (χ2n) is 10.1. The highest BCUT2D eigenvalue weighted by molar-refractivity contribution is 5.93. The first-order valence-corrected chi connectivity index (χ1v) is 12.6. The third-order valence-electron chi connectivity index (χ3n) is 7.84. The van der Waals surface area contributed by atoms with E-state index < -0.39 is 0 Å². The van der Waals surface area contributed by atoms with E-state index in [1.807, 2.05) is 33.7 Å². The molecule has 2 unspecified atom stereocenters. The van der Waals surface area contributed by atoms with Crippen molar-refractivity contribution in [2.75, 3.05) is 38.6 Å². The molecular formula is C27H34N4O4. The van der Waals surface area contributed by atoms with E-state index >= 15 is 0 Å². The molecule has 0 saturated carbocycles. The molecule has 1 N–H and O–H groups in total. The highest BCUT2D eigenvalue weighted by Gasteiger charge is 2.39. The highest BCUT2D eigenvalue weighted by Crippen LogP contribution is 2.40. The second kappa shape index (κ2) is 9.85. The van der Waals surface area contributed by atoms with Gasteiger partial charge in [-0.1, -0.05) is 12.1 Å². The molecule has 2 atom stereocenters. The summed E-state index contributed by atoms with van der Waals surface area (Å²) in [6, 6.07) is 11.3. The van der Waals surface area contributed by atoms with E-state index in [9.17, 15) is 14.4 Å². The Kier molecular flexibility index (Phi) is 6.65. The lowest BCUT2D eigenvalue weighted by atomic mass is 9.81. The molecule has 186 valence electrons. The van der Waals surface area contributed by atoms with Gasteiger partial charge in [0, 0.05) is 63.4 Å². The maximum Gasteiger partial charge on any atom is 0.250 e. The summed E-state index contributed by atoms with van der Waals surface area (Å²) in [6.45, 7) is 5.83. The zero-order valence-electron chi connectivity index (χ0n) is 20.5. The quantitative estimate of drug-likeness (QED) is 0.714. The number of nitrogens with one attached hydrogen (secondary N) is 1. The van der Waals surface area contributed by atoms with Crippen molar-refractivity contribution in [1.29, 1.82) is 0 Å². The third kappa shape index (κ3) is 4.98. The van der Waals surface area contributed by atoms with Crippen molar-refractivity contribution < 1.29 is 14.3 Å². The normalized spacial score (nSPS) is 22.4. The van der Waals surface area contributed by atoms with Crippen LogP contribution in [0.3, 0.4) is 0 Å². The Morgan fingerprint density at radius 2 is 1.77 bits per heavy atom. The van der Waals surface area contributed by atoms with Gasteiger partial charge >= 0.3 is 0 Å². The Hall–Kier alpha value is -3.13. The Labute approximate surface area is 205 Å². The monoisotopic (exact) mass is 478 g/mol. The van der Waals surface area contributed by atoms with Crippen LogP contribution in [0.2, 0.25) is 0 Å². The SMILES string of the molecule is COc1ccc(CC(=O)Nc2ccc(=O)n3c2C2CC(CN(C4CCN(C(C)=O)CC4)C2)C3)cc1. The van der Waals surface area contributed by atoms with Crippen molar-refractivity contribution in [3.63, 3.8) is 0 Å². The highest BCUT2D eigenvalue weighted by atomic mass is 16.5. The molecule has 2 saturated heterocycles. The molecule has 2 amide bonds. The molecule has 0 aliphatic carbocycles. The maximum atomic E-state index is 12.9. The standard InChI is InChI=1S/C27H34N4O4/c1-18(32)29-11-9-22(10-12-29)30-15-20-13-21(17-30)27-24(7-8-26(34)31(27)16-20)28-25(33)14-19-3-5-23(35-2)6-4-19/h3-8,20-22H,9-17H2,1-2H3,(H,28,33). The molecule has 3 aliphatic heterocycles. The van der Waals surface area contributed by atoms with E-state index in [4.69, 9.17) is 4.74 Å². The van der Waals surface area contributed by atoms with Gasteiger partial charge < -0.3 is 19.5 Å². The third-order valence-corrected chi connectivity index (χ3v) is 7.84. The van der Waals surface area contributed by atoms with Crippen molar-refractivity contribution in [3.8, 4) is 5.75 Å². The van der Waals surface area contributed by atoms with E-state index in [1.165, 1.54) is 0 Å². The fourth-order valence-corrected chi connectivity index (χ4v) is 6.12. The van der Waals surface area contributed by atoms with Gasteiger partial charge in [-0.3, -0.25) is 19.3 Å². The number of carbonyl (C=O) groups excluding carboxylic acids is 2. The lowest BCUT2D eigenvalue weighted by Crippen LogP contribution is -2.53. The number of aromatic nitrogens is 1. The number of fused-ring (bicyclic) bond motifs is 4. The van der Waals surface area contributed by atoms with Crippen LogP contribution >= 0.6 is 0 Å². The van der Waals surface area contributed by atoms with E-state index in [2.05, 4.69) is 10.2 Å². The van der Waals surface area contributed by atoms with Crippen LogP contribution in [0.25, 0.3) is 0 Å². The van der Waals surface area contributed by atoms with Gasteiger partial charge in [0.2, 0.25) is 11.8 Å². The minimum absolute atomic E-state index is 0.00562. The van der Waals surface area contributed by atoms with Crippen LogP contribution in [0.4, 0.5) is 5.69 Å². The number of nitrogens with zero attached hydrogens (tertiary/aromatic N) is 3. The average Bonchev–Trinajstić information content (AvgIpc) is 2.86. The molecule has 8 nitrogen and oxygen atoms in total. The molecule has 35 heavy (non-hydrogen) atoms. The molecule has 2 aromatic rings. The van der Waals surface area contributed by atoms with Crippen LogP contribution < -0.4 is 15.6 Å². The van der Waals surface area contributed by atoms with Gasteiger partial charge in [0.25, 0.3) is 5.56 Å². The Morgan fingerprint density at radius 1 is 1.03 bits per heavy atom. The van der Waals surface area contributed by atoms with Gasteiger partial charge in [-0.2, -0.15) is 0 Å². The fourth-order valence-electron chi connectivity index (χ4n) is 6.12. The molecule has 8 heteroatoms. The zero-order valence-corrected chi connectivity index (χ0v) is 20.5. The summed E-state index contributed by atoms with van der Waals surface area (Å²) in [5.74, 6) is 1.45. The van der Waals surface area contributed by atoms with E-state index in [1.54, 1.807) is 26.2 Å². The van der Waals surface area contributed by atoms with Crippen LogP contribution in [0.1, 0.15) is 43.4 Å². The first-order chi connectivity index (χ1) is 16.9. The zero-order chi connectivity index (χ0) is 24.5. The predicted octanol–water partition coefficient (Wildman–Crippen LogP) is 2.47. The molecule has 1 aromatic carbocycles. The van der Waals surface area contributed by atoms with Crippen LogP contribution in [0, 0.1) is 5.92 Å². The first kappa shape index (κ1) is 23.6. The number of amides is 2. The van der Waals surface area contributed by atoms with Crippen molar-refractivity contribution in [2.45, 2.75) is 51.1 Å². The molecular weight excluding hydrogens is 444 g/mol. The van der Waals surface area contributed by atoms with Gasteiger partial charge in [0.15, 0.2) is 0 Å². The van der Waals surface area contributed by atoms with Crippen LogP contribution in [-0.2, 0) is 22.6 Å². The number of ether oxygens (including phenoxy) is 1. The fraction of sp³-hybridized carbons (Fsp3) is 0.519. The minimum Gasteiger partial charge on any atom is -0.497 e. The number of benzene rings is 1. The number of piperidine rings is 2. The number of anilines is 1. The first-order valence-electron chi connectivity index (χ1n) is 12.6. The van der Waals surface area contributed by atoms with Crippen LogP contribution in [0.15, 0.2) is 41.2 Å². The number of rotatable bonds is 5. The van der Waals surface area contributed by atoms with Crippen molar-refractivity contribution >= 4 is 17.5 Å². The molecule has 2 bridgehead atoms. The van der Waals surface area contributed by atoms with Crippen LogP contribution in [-0.4, -0.2) is 65.5 Å². The Bertz CT molecular complexity index is 1150. The maximum absolute atomic E-state index is 12.9. The van der Waals surface area contributed by atoms with Gasteiger partial charge in [0.05, 0.1) is 19.2 Å². The van der Waals surface area contributed by atoms with Gasteiger partial charge in [-0.15, -0.1) is 0 Å². The summed E-state index contributed by atoms with van der Waals surface area (Å²) in [5, 5.41) is 3.10. The lowest BCUT2D eigenvalue weighted by molar-refractivity contribution is -0.130. The number of methoxy groups -OCH3 is 1. The van der Waals surface area contributed by atoms with Crippen molar-refractivity contribution in [1.82, 2.24) is 14.4 Å². The molecule has 3 aliphatic rings. The summed E-state index contributed by atoms with van der Waals surface area (Å²) in [5.41, 5.74) is 2.62. The number of carbonyl (C=O) groups is 2. The number of likely N-dealkylation sites (tertiary alicyclic amines) is 2. The van der Waals surface area contributed by atoms with Gasteiger partial charge in [-0.25, -0.2) is 0 Å². The average molecular weight is 479 g/mol. The predicted molar refractivity (Wildman–Crippen MR) is 134 cm³/mol. The van der Waals surface area contributed by atoms with Crippen molar-refractivity contribution in [2.24, 2.45) is 5.92 Å². The smallest absolute Gasteiger partial charge is 0.250 e. The summed E-state index contributed by atoms with van der Waals surface area (Å²) in [7, 11) is 1.62. The summed E-state index contributed by atoms with van der Waals surface area (Å²) in [6.07, 6.45) is 3.28. The molecule has 5 rings (SSSR count). The van der Waals surface area contributed by atoms with E-state index in [0.717, 1.165) is 68.1 Å². The van der Waals surface area contributed by atoms with E-state index in [0.29, 0.717) is 18.5 Å². The summed E-state index contributed by atoms with van der Waals surface area (Å²) < 4.78 is 7.08. The van der Waals surface area contributed by atoms with Gasteiger partial charge in [-0.05, 0) is 48.9 Å². The van der Waals surface area contributed by atoms with E-state index in [-0.39, 0.29) is 29.7 Å². The topological polar surface area (TPSA) is 83.9 Å². The molecule has 4 heterocycles. The lowest BCUT2D eigenvalue weighted by Gasteiger charge is -2.47. The Morgan fingerprint density at radius 3 is 2.46 bits per heavy atom.